The van der Waals surface area contributed by atoms with Gasteiger partial charge >= 0.3 is 0 Å². The number of amides is 1. The Bertz CT molecular complexity index is 837. The zero-order valence-corrected chi connectivity index (χ0v) is 14.4. The molecule has 0 aliphatic heterocycles. The second kappa shape index (κ2) is 7.21. The van der Waals surface area contributed by atoms with Crippen LogP contribution in [0.1, 0.15) is 0 Å². The van der Waals surface area contributed by atoms with E-state index < -0.39 is 15.7 Å². The highest BCUT2D eigenvalue weighted by Crippen LogP contribution is 2.31. The molecule has 0 bridgehead atoms. The van der Waals surface area contributed by atoms with Crippen molar-refractivity contribution in [2.24, 2.45) is 0 Å². The Morgan fingerprint density at radius 1 is 1.17 bits per heavy atom. The van der Waals surface area contributed by atoms with Gasteiger partial charge in [0.25, 0.3) is 5.91 Å². The smallest absolute Gasteiger partial charge is 0.262 e. The summed E-state index contributed by atoms with van der Waals surface area (Å²) in [6.07, 6.45) is 1.10. The van der Waals surface area contributed by atoms with E-state index in [1.165, 1.54) is 12.1 Å². The van der Waals surface area contributed by atoms with Gasteiger partial charge in [0.05, 0.1) is 9.92 Å². The number of hydrogen-bond donors (Lipinski definition) is 1. The monoisotopic (exact) mass is 373 g/mol. The second-order valence-electron chi connectivity index (χ2n) is 4.69. The molecule has 23 heavy (non-hydrogen) atoms. The van der Waals surface area contributed by atoms with Crippen molar-refractivity contribution in [1.82, 2.24) is 0 Å². The first-order chi connectivity index (χ1) is 10.8. The van der Waals surface area contributed by atoms with Gasteiger partial charge in [-0.15, -0.1) is 0 Å². The Hall–Kier alpha value is -1.76. The summed E-state index contributed by atoms with van der Waals surface area (Å²) in [5, 5.41) is 3.10. The Morgan fingerprint density at radius 2 is 1.87 bits per heavy atom. The molecule has 2 aromatic carbocycles. The first-order valence-electron chi connectivity index (χ1n) is 6.44. The van der Waals surface area contributed by atoms with Crippen LogP contribution in [0.2, 0.25) is 10.0 Å². The molecule has 122 valence electrons. The van der Waals surface area contributed by atoms with Crippen LogP contribution in [0.5, 0.6) is 5.75 Å². The summed E-state index contributed by atoms with van der Waals surface area (Å²) in [7, 11) is -3.34. The number of ether oxygens (including phenoxy) is 1. The van der Waals surface area contributed by atoms with Gasteiger partial charge in [-0.3, -0.25) is 4.79 Å². The van der Waals surface area contributed by atoms with Crippen LogP contribution in [-0.4, -0.2) is 27.2 Å². The van der Waals surface area contributed by atoms with Crippen molar-refractivity contribution < 1.29 is 17.9 Å². The first kappa shape index (κ1) is 17.6. The van der Waals surface area contributed by atoms with E-state index in [9.17, 15) is 13.2 Å². The van der Waals surface area contributed by atoms with Crippen molar-refractivity contribution in [1.29, 1.82) is 0 Å². The fourth-order valence-electron chi connectivity index (χ4n) is 1.74. The van der Waals surface area contributed by atoms with Crippen LogP contribution in [0.25, 0.3) is 0 Å². The maximum absolute atomic E-state index is 11.9. The van der Waals surface area contributed by atoms with Gasteiger partial charge in [-0.05, 0) is 30.3 Å². The number of rotatable bonds is 5. The number of hydrogen-bond acceptors (Lipinski definition) is 4. The van der Waals surface area contributed by atoms with E-state index in [0.29, 0.717) is 16.5 Å². The van der Waals surface area contributed by atoms with E-state index in [2.05, 4.69) is 5.32 Å². The third-order valence-corrected chi connectivity index (χ3v) is 4.73. The van der Waals surface area contributed by atoms with Crippen LogP contribution in [0, 0.1) is 0 Å². The number of anilines is 1. The van der Waals surface area contributed by atoms with Gasteiger partial charge in [0.15, 0.2) is 16.4 Å². The van der Waals surface area contributed by atoms with Crippen LogP contribution in [0.15, 0.2) is 47.4 Å². The third-order valence-electron chi connectivity index (χ3n) is 2.82. The molecule has 1 amide bonds. The normalized spacial score (nSPS) is 11.1. The van der Waals surface area contributed by atoms with Gasteiger partial charge in [0.1, 0.15) is 10.8 Å². The molecule has 0 saturated heterocycles. The maximum atomic E-state index is 11.9. The summed E-state index contributed by atoms with van der Waals surface area (Å²) >= 11 is 11.8. The zero-order chi connectivity index (χ0) is 17.0. The summed E-state index contributed by atoms with van der Waals surface area (Å²) in [5.74, 6) is -0.161. The van der Waals surface area contributed by atoms with Crippen LogP contribution in [0.4, 0.5) is 5.69 Å². The standard InChI is InChI=1S/C15H13Cl2NO4S/c1-23(20,21)11-5-2-4-10(8-11)18-14(19)9-22-13-7-3-6-12(16)15(13)17/h2-8H,9H2,1H3,(H,18,19). The summed E-state index contributed by atoms with van der Waals surface area (Å²) in [6.45, 7) is -0.289. The third kappa shape index (κ3) is 4.86. The topological polar surface area (TPSA) is 72.5 Å². The van der Waals surface area contributed by atoms with Crippen molar-refractivity contribution in [3.63, 3.8) is 0 Å². The van der Waals surface area contributed by atoms with Gasteiger partial charge < -0.3 is 10.1 Å². The molecular weight excluding hydrogens is 361 g/mol. The quantitative estimate of drug-likeness (QED) is 0.871. The lowest BCUT2D eigenvalue weighted by Gasteiger charge is -2.10. The molecule has 0 aliphatic rings. The molecule has 0 saturated carbocycles. The molecule has 2 rings (SSSR count). The van der Waals surface area contributed by atoms with E-state index in [4.69, 9.17) is 27.9 Å². The van der Waals surface area contributed by atoms with E-state index in [1.807, 2.05) is 0 Å². The molecule has 0 fully saturated rings. The molecule has 0 radical (unpaired) electrons. The van der Waals surface area contributed by atoms with Gasteiger partial charge in [-0.2, -0.15) is 0 Å². The average Bonchev–Trinajstić information content (AvgIpc) is 2.48. The van der Waals surface area contributed by atoms with Crippen molar-refractivity contribution in [3.05, 3.63) is 52.5 Å². The fraction of sp³-hybridized carbons (Fsp3) is 0.133. The van der Waals surface area contributed by atoms with Gasteiger partial charge in [-0.25, -0.2) is 8.42 Å². The molecular formula is C15H13Cl2NO4S. The van der Waals surface area contributed by atoms with Crippen molar-refractivity contribution in [2.45, 2.75) is 4.90 Å². The highest BCUT2D eigenvalue weighted by Gasteiger charge is 2.11. The lowest BCUT2D eigenvalue weighted by atomic mass is 10.3. The maximum Gasteiger partial charge on any atom is 0.262 e. The highest BCUT2D eigenvalue weighted by atomic mass is 35.5. The summed E-state index contributed by atoms with van der Waals surface area (Å²) in [6, 6.07) is 10.8. The van der Waals surface area contributed by atoms with Crippen LogP contribution in [-0.2, 0) is 14.6 Å². The Kier molecular flexibility index (Phi) is 5.51. The minimum Gasteiger partial charge on any atom is -0.482 e. The molecule has 0 unspecified atom stereocenters. The van der Waals surface area contributed by atoms with Crippen LogP contribution in [0.3, 0.4) is 0 Å². The summed E-state index contributed by atoms with van der Waals surface area (Å²) < 4.78 is 28.3. The lowest BCUT2D eigenvalue weighted by Crippen LogP contribution is -2.20. The molecule has 5 nitrogen and oxygen atoms in total. The molecule has 0 aromatic heterocycles. The van der Waals surface area contributed by atoms with Crippen LogP contribution >= 0.6 is 23.2 Å². The number of nitrogens with one attached hydrogen (secondary N) is 1. The Morgan fingerprint density at radius 3 is 2.57 bits per heavy atom. The van der Waals surface area contributed by atoms with E-state index >= 15 is 0 Å². The second-order valence-corrected chi connectivity index (χ2v) is 7.49. The zero-order valence-electron chi connectivity index (χ0n) is 12.0. The van der Waals surface area contributed by atoms with E-state index in [1.54, 1.807) is 30.3 Å². The summed E-state index contributed by atoms with van der Waals surface area (Å²) in [4.78, 5) is 12.0. The van der Waals surface area contributed by atoms with Crippen molar-refractivity contribution in [3.8, 4) is 5.75 Å². The Balaban J connectivity index is 2.02. The Labute approximate surface area is 144 Å². The average molecular weight is 374 g/mol. The molecule has 1 N–H and O–H groups in total. The predicted octanol–water partition coefficient (Wildman–Crippen LogP) is 3.41. The molecule has 0 spiro atoms. The largest absolute Gasteiger partial charge is 0.482 e. The lowest BCUT2D eigenvalue weighted by molar-refractivity contribution is -0.118. The number of benzene rings is 2. The predicted molar refractivity (Wildman–Crippen MR) is 90.1 cm³/mol. The molecule has 0 atom stereocenters. The minimum atomic E-state index is -3.34. The summed E-state index contributed by atoms with van der Waals surface area (Å²) in [5.41, 5.74) is 0.360. The molecule has 2 aromatic rings. The molecule has 0 heterocycles. The van der Waals surface area contributed by atoms with Crippen LogP contribution < -0.4 is 10.1 Å². The minimum absolute atomic E-state index is 0.120. The number of carbonyl (C=O) groups is 1. The first-order valence-corrected chi connectivity index (χ1v) is 9.09. The number of halogens is 2. The highest BCUT2D eigenvalue weighted by molar-refractivity contribution is 7.90. The fourth-order valence-corrected chi connectivity index (χ4v) is 2.75. The van der Waals surface area contributed by atoms with E-state index in [-0.39, 0.29) is 16.5 Å². The van der Waals surface area contributed by atoms with E-state index in [0.717, 1.165) is 6.26 Å². The van der Waals surface area contributed by atoms with Crippen molar-refractivity contribution >= 4 is 44.6 Å². The number of sulfone groups is 1. The van der Waals surface area contributed by atoms with Gasteiger partial charge in [0, 0.05) is 11.9 Å². The molecule has 8 heteroatoms. The SMILES string of the molecule is CS(=O)(=O)c1cccc(NC(=O)COc2cccc(Cl)c2Cl)c1. The van der Waals surface area contributed by atoms with Gasteiger partial charge in [-0.1, -0.05) is 35.3 Å². The van der Waals surface area contributed by atoms with Crippen molar-refractivity contribution in [2.75, 3.05) is 18.2 Å². The van der Waals surface area contributed by atoms with Gasteiger partial charge in [0.2, 0.25) is 0 Å². The molecule has 0 aliphatic carbocycles. The number of carbonyl (C=O) groups excluding carboxylic acids is 1.